The van der Waals surface area contributed by atoms with Gasteiger partial charge >= 0.3 is 0 Å². The summed E-state index contributed by atoms with van der Waals surface area (Å²) in [5.74, 6) is -0.0452. The lowest BCUT2D eigenvalue weighted by atomic mass is 9.76. The maximum atomic E-state index is 12.6. The Balaban J connectivity index is 1.48. The number of piperidine rings is 1. The molecule has 1 aliphatic carbocycles. The van der Waals surface area contributed by atoms with Gasteiger partial charge in [0.1, 0.15) is 0 Å². The molecular weight excluding hydrogens is 314 g/mol. The molecule has 2 aromatic rings. The molecule has 25 heavy (non-hydrogen) atoms. The summed E-state index contributed by atoms with van der Waals surface area (Å²) in [5.41, 5.74) is 2.02. The number of likely N-dealkylation sites (tertiary alicyclic amines) is 1. The van der Waals surface area contributed by atoms with E-state index in [0.717, 1.165) is 31.4 Å². The average molecular weight is 337 g/mol. The topological polar surface area (TPSA) is 55.2 Å². The summed E-state index contributed by atoms with van der Waals surface area (Å²) >= 11 is 0. The van der Waals surface area contributed by atoms with Gasteiger partial charge in [-0.1, -0.05) is 43.2 Å². The minimum atomic E-state index is -0.0467. The maximum absolute atomic E-state index is 12.6. The quantitative estimate of drug-likeness (QED) is 0.806. The molecule has 1 saturated heterocycles. The Hall–Kier alpha value is -2.43. The molecule has 0 radical (unpaired) electrons. The van der Waals surface area contributed by atoms with E-state index >= 15 is 0 Å². The Bertz CT molecular complexity index is 755. The highest BCUT2D eigenvalue weighted by molar-refractivity contribution is 5.98. The largest absolute Gasteiger partial charge is 0.328 e. The fraction of sp³-hybridized carbons (Fsp3) is 0.450. The highest BCUT2D eigenvalue weighted by Gasteiger charge is 2.45. The Morgan fingerprint density at radius 3 is 2.32 bits per heavy atom. The lowest BCUT2D eigenvalue weighted by Gasteiger charge is -2.37. The number of hydrogen-bond donors (Lipinski definition) is 0. The van der Waals surface area contributed by atoms with E-state index in [1.165, 1.54) is 10.5 Å². The van der Waals surface area contributed by atoms with Crippen molar-refractivity contribution in [1.29, 1.82) is 0 Å². The van der Waals surface area contributed by atoms with Crippen LogP contribution in [0.25, 0.3) is 0 Å². The molecule has 0 unspecified atom stereocenters. The molecule has 2 heterocycles. The highest BCUT2D eigenvalue weighted by atomic mass is 16.2. The van der Waals surface area contributed by atoms with E-state index in [2.05, 4.69) is 17.1 Å². The molecule has 5 heteroatoms. The molecule has 5 nitrogen and oxygen atoms in total. The van der Waals surface area contributed by atoms with E-state index in [-0.39, 0.29) is 17.2 Å². The van der Waals surface area contributed by atoms with E-state index in [0.29, 0.717) is 25.9 Å². The average Bonchev–Trinajstić information content (AvgIpc) is 3.22. The van der Waals surface area contributed by atoms with Crippen LogP contribution < -0.4 is 0 Å². The zero-order chi connectivity index (χ0) is 17.3. The van der Waals surface area contributed by atoms with E-state index < -0.39 is 0 Å². The first kappa shape index (κ1) is 16.1. The van der Waals surface area contributed by atoms with Crippen LogP contribution in [0.15, 0.2) is 42.9 Å². The highest BCUT2D eigenvalue weighted by Crippen LogP contribution is 2.47. The summed E-state index contributed by atoms with van der Waals surface area (Å²) in [6, 6.07) is 10.1. The monoisotopic (exact) mass is 337 g/mol. The number of carbonyl (C=O) groups excluding carboxylic acids is 2. The maximum Gasteiger partial charge on any atom is 0.230 e. The molecule has 4 rings (SSSR count). The summed E-state index contributed by atoms with van der Waals surface area (Å²) in [7, 11) is 0. The van der Waals surface area contributed by atoms with Crippen LogP contribution in [0.2, 0.25) is 0 Å². The van der Waals surface area contributed by atoms with Gasteiger partial charge in [0, 0.05) is 25.6 Å². The molecule has 0 bridgehead atoms. The van der Waals surface area contributed by atoms with Crippen LogP contribution >= 0.6 is 0 Å². The molecule has 1 aromatic carbocycles. The number of imide groups is 1. The first-order chi connectivity index (χ1) is 12.2. The molecule has 1 aromatic heterocycles. The summed E-state index contributed by atoms with van der Waals surface area (Å²) in [5, 5.41) is 0. The molecule has 2 aliphatic rings. The Kier molecular flexibility index (Phi) is 4.15. The second-order valence-electron chi connectivity index (χ2n) is 7.43. The third-order valence-corrected chi connectivity index (χ3v) is 5.63. The van der Waals surface area contributed by atoms with Gasteiger partial charge in [-0.3, -0.25) is 14.5 Å². The molecule has 1 saturated carbocycles. The number of rotatable bonds is 4. The standard InChI is InChI=1S/C20H23N3O2/c24-18-10-20(8-4-5-9-20)11-19(25)23(18)14-17-12-21-15-22(17)13-16-6-2-1-3-7-16/h1-3,6-7,12,15H,4-5,8-11,13-14H2. The summed E-state index contributed by atoms with van der Waals surface area (Å²) in [4.78, 5) is 30.9. The molecule has 1 aliphatic heterocycles. The SMILES string of the molecule is O=C1CC2(CCCC2)CC(=O)N1Cc1cncn1Cc1ccccc1. The predicted molar refractivity (Wildman–Crippen MR) is 93.5 cm³/mol. The van der Waals surface area contributed by atoms with Crippen molar-refractivity contribution < 1.29 is 9.59 Å². The van der Waals surface area contributed by atoms with Crippen molar-refractivity contribution in [2.24, 2.45) is 5.41 Å². The van der Waals surface area contributed by atoms with Gasteiger partial charge in [-0.05, 0) is 23.8 Å². The summed E-state index contributed by atoms with van der Waals surface area (Å²) in [6.45, 7) is 1.01. The Morgan fingerprint density at radius 1 is 0.960 bits per heavy atom. The molecule has 0 N–H and O–H groups in total. The minimum absolute atomic E-state index is 0.0226. The smallest absolute Gasteiger partial charge is 0.230 e. The molecule has 1 spiro atoms. The lowest BCUT2D eigenvalue weighted by Crippen LogP contribution is -2.46. The zero-order valence-corrected chi connectivity index (χ0v) is 14.4. The van der Waals surface area contributed by atoms with Crippen LogP contribution in [0.3, 0.4) is 0 Å². The number of aromatic nitrogens is 2. The first-order valence-electron chi connectivity index (χ1n) is 9.01. The third-order valence-electron chi connectivity index (χ3n) is 5.63. The number of benzene rings is 1. The normalized spacial score (nSPS) is 19.8. The van der Waals surface area contributed by atoms with Crippen LogP contribution in [0.4, 0.5) is 0 Å². The second kappa shape index (κ2) is 6.47. The van der Waals surface area contributed by atoms with Crippen LogP contribution in [0.1, 0.15) is 49.8 Å². The van der Waals surface area contributed by atoms with Gasteiger partial charge in [0.05, 0.1) is 18.6 Å². The summed E-state index contributed by atoms with van der Waals surface area (Å²) in [6.07, 6.45) is 8.88. The van der Waals surface area contributed by atoms with Crippen molar-refractivity contribution >= 4 is 11.8 Å². The number of amides is 2. The third kappa shape index (κ3) is 3.23. The molecule has 2 amide bonds. The van der Waals surface area contributed by atoms with Crippen LogP contribution in [0.5, 0.6) is 0 Å². The van der Waals surface area contributed by atoms with Crippen molar-refractivity contribution in [2.45, 2.75) is 51.6 Å². The molecule has 2 fully saturated rings. The van der Waals surface area contributed by atoms with Gasteiger partial charge < -0.3 is 4.57 Å². The number of carbonyl (C=O) groups is 2. The van der Waals surface area contributed by atoms with Crippen molar-refractivity contribution in [1.82, 2.24) is 14.5 Å². The molecular formula is C20H23N3O2. The van der Waals surface area contributed by atoms with E-state index in [4.69, 9.17) is 0 Å². The van der Waals surface area contributed by atoms with Crippen molar-refractivity contribution in [3.8, 4) is 0 Å². The number of imidazole rings is 1. The second-order valence-corrected chi connectivity index (χ2v) is 7.43. The fourth-order valence-electron chi connectivity index (χ4n) is 4.25. The molecule has 130 valence electrons. The Labute approximate surface area is 147 Å². The van der Waals surface area contributed by atoms with Gasteiger partial charge in [-0.2, -0.15) is 0 Å². The van der Waals surface area contributed by atoms with Gasteiger partial charge in [0.15, 0.2) is 0 Å². The predicted octanol–water partition coefficient (Wildman–Crippen LogP) is 3.14. The van der Waals surface area contributed by atoms with Crippen molar-refractivity contribution in [3.63, 3.8) is 0 Å². The minimum Gasteiger partial charge on any atom is -0.328 e. The Morgan fingerprint density at radius 2 is 1.64 bits per heavy atom. The van der Waals surface area contributed by atoms with Gasteiger partial charge in [-0.25, -0.2) is 4.98 Å². The van der Waals surface area contributed by atoms with E-state index in [9.17, 15) is 9.59 Å². The van der Waals surface area contributed by atoms with Crippen LogP contribution in [0, 0.1) is 5.41 Å². The zero-order valence-electron chi connectivity index (χ0n) is 14.4. The van der Waals surface area contributed by atoms with Gasteiger partial charge in [-0.15, -0.1) is 0 Å². The lowest BCUT2D eigenvalue weighted by molar-refractivity contribution is -0.154. The number of nitrogens with zero attached hydrogens (tertiary/aromatic N) is 3. The summed E-state index contributed by atoms with van der Waals surface area (Å²) < 4.78 is 2.01. The van der Waals surface area contributed by atoms with Crippen molar-refractivity contribution in [3.05, 3.63) is 54.1 Å². The van der Waals surface area contributed by atoms with Crippen molar-refractivity contribution in [2.75, 3.05) is 0 Å². The first-order valence-corrected chi connectivity index (χ1v) is 9.01. The van der Waals surface area contributed by atoms with Gasteiger partial charge in [0.25, 0.3) is 0 Å². The fourth-order valence-corrected chi connectivity index (χ4v) is 4.25. The van der Waals surface area contributed by atoms with Crippen LogP contribution in [-0.4, -0.2) is 26.3 Å². The van der Waals surface area contributed by atoms with E-state index in [1.54, 1.807) is 12.5 Å². The molecule has 0 atom stereocenters. The number of hydrogen-bond acceptors (Lipinski definition) is 3. The van der Waals surface area contributed by atoms with E-state index in [1.807, 2.05) is 22.8 Å². The van der Waals surface area contributed by atoms with Gasteiger partial charge in [0.2, 0.25) is 11.8 Å². The van der Waals surface area contributed by atoms with Crippen LogP contribution in [-0.2, 0) is 22.7 Å².